The molecule has 1 aliphatic heterocycles. The van der Waals surface area contributed by atoms with Crippen LogP contribution in [0.25, 0.3) is 10.8 Å². The summed E-state index contributed by atoms with van der Waals surface area (Å²) in [5.74, 6) is -1.13. The highest BCUT2D eigenvalue weighted by Crippen LogP contribution is 2.22. The van der Waals surface area contributed by atoms with E-state index < -0.39 is 33.9 Å². The molecular formula is C18H19NO5S. The molecule has 1 atom stereocenters. The molecule has 1 saturated heterocycles. The van der Waals surface area contributed by atoms with E-state index in [-0.39, 0.29) is 11.5 Å². The molecule has 132 valence electrons. The lowest BCUT2D eigenvalue weighted by Crippen LogP contribution is -2.48. The minimum atomic E-state index is -3.12. The van der Waals surface area contributed by atoms with Gasteiger partial charge in [0, 0.05) is 0 Å². The van der Waals surface area contributed by atoms with Gasteiger partial charge in [0.25, 0.3) is 5.91 Å². The van der Waals surface area contributed by atoms with Gasteiger partial charge in [-0.1, -0.05) is 30.3 Å². The van der Waals surface area contributed by atoms with Gasteiger partial charge in [-0.25, -0.2) is 13.2 Å². The third kappa shape index (κ3) is 4.17. The van der Waals surface area contributed by atoms with Crippen molar-refractivity contribution in [3.05, 3.63) is 48.0 Å². The van der Waals surface area contributed by atoms with Crippen LogP contribution in [-0.4, -0.2) is 43.9 Å². The number of esters is 1. The molecule has 1 fully saturated rings. The zero-order valence-corrected chi connectivity index (χ0v) is 14.6. The number of carbonyl (C=O) groups is 2. The minimum Gasteiger partial charge on any atom is -0.452 e. The van der Waals surface area contributed by atoms with Crippen LogP contribution in [0.2, 0.25) is 0 Å². The summed E-state index contributed by atoms with van der Waals surface area (Å²) in [7, 11) is -3.12. The molecule has 6 nitrogen and oxygen atoms in total. The van der Waals surface area contributed by atoms with Crippen molar-refractivity contribution in [1.29, 1.82) is 0 Å². The summed E-state index contributed by atoms with van der Waals surface area (Å²) < 4.78 is 28.1. The lowest BCUT2D eigenvalue weighted by atomic mass is 10.0. The van der Waals surface area contributed by atoms with E-state index in [0.29, 0.717) is 12.0 Å². The second kappa shape index (κ2) is 6.48. The Kier molecular flexibility index (Phi) is 4.51. The molecule has 0 spiro atoms. The number of carbonyl (C=O) groups excluding carboxylic acids is 2. The predicted octanol–water partition coefficient (Wildman–Crippen LogP) is 1.69. The number of fused-ring (bicyclic) bond motifs is 1. The van der Waals surface area contributed by atoms with Crippen LogP contribution >= 0.6 is 0 Å². The monoisotopic (exact) mass is 361 g/mol. The van der Waals surface area contributed by atoms with Gasteiger partial charge in [0.05, 0.1) is 22.6 Å². The molecule has 3 rings (SSSR count). The number of amides is 1. The Hall–Kier alpha value is -2.41. The molecule has 0 aliphatic carbocycles. The number of ether oxygens (including phenoxy) is 1. The normalized spacial score (nSPS) is 21.8. The SMILES string of the molecule is C[C@]1(NC(=O)COC(=O)c2ccc3ccccc3c2)CCS(=O)(=O)C1. The molecule has 0 aromatic heterocycles. The second-order valence-electron chi connectivity index (χ2n) is 6.59. The van der Waals surface area contributed by atoms with Crippen molar-refractivity contribution in [1.82, 2.24) is 5.32 Å². The summed E-state index contributed by atoms with van der Waals surface area (Å²) in [6.45, 7) is 1.24. The quantitative estimate of drug-likeness (QED) is 0.837. The van der Waals surface area contributed by atoms with Crippen LogP contribution < -0.4 is 5.32 Å². The zero-order chi connectivity index (χ0) is 18.1. The summed E-state index contributed by atoms with van der Waals surface area (Å²) in [5.41, 5.74) is -0.438. The highest BCUT2D eigenvalue weighted by molar-refractivity contribution is 7.91. The van der Waals surface area contributed by atoms with Gasteiger partial charge in [-0.3, -0.25) is 4.79 Å². The first-order chi connectivity index (χ1) is 11.8. The van der Waals surface area contributed by atoms with E-state index in [1.165, 1.54) is 0 Å². The van der Waals surface area contributed by atoms with Gasteiger partial charge >= 0.3 is 5.97 Å². The van der Waals surface area contributed by atoms with E-state index in [9.17, 15) is 18.0 Å². The summed E-state index contributed by atoms with van der Waals surface area (Å²) in [6, 6.07) is 12.8. The first kappa shape index (κ1) is 17.4. The van der Waals surface area contributed by atoms with Crippen LogP contribution in [0.4, 0.5) is 0 Å². The topological polar surface area (TPSA) is 89.5 Å². The minimum absolute atomic E-state index is 0.0562. The van der Waals surface area contributed by atoms with Gasteiger partial charge in [0.2, 0.25) is 0 Å². The van der Waals surface area contributed by atoms with Gasteiger partial charge in [-0.05, 0) is 36.2 Å². The van der Waals surface area contributed by atoms with Crippen molar-refractivity contribution in [3.63, 3.8) is 0 Å². The first-order valence-electron chi connectivity index (χ1n) is 7.94. The average Bonchev–Trinajstić information content (AvgIpc) is 2.85. The Morgan fingerprint density at radius 3 is 2.56 bits per heavy atom. The molecule has 0 unspecified atom stereocenters. The molecule has 0 radical (unpaired) electrons. The molecule has 1 heterocycles. The molecule has 1 aliphatic rings. The van der Waals surface area contributed by atoms with Crippen LogP contribution in [0.1, 0.15) is 23.7 Å². The Labute approximate surface area is 146 Å². The van der Waals surface area contributed by atoms with Crippen LogP contribution in [0.3, 0.4) is 0 Å². The molecule has 2 aromatic rings. The molecule has 0 saturated carbocycles. The van der Waals surface area contributed by atoms with E-state index in [4.69, 9.17) is 4.74 Å². The van der Waals surface area contributed by atoms with Crippen molar-refractivity contribution in [2.75, 3.05) is 18.1 Å². The van der Waals surface area contributed by atoms with E-state index in [1.54, 1.807) is 19.1 Å². The number of sulfone groups is 1. The molecule has 1 amide bonds. The Balaban J connectivity index is 1.59. The maximum atomic E-state index is 12.1. The van der Waals surface area contributed by atoms with Crippen molar-refractivity contribution < 1.29 is 22.7 Å². The fraction of sp³-hybridized carbons (Fsp3) is 0.333. The maximum Gasteiger partial charge on any atom is 0.338 e. The lowest BCUT2D eigenvalue weighted by molar-refractivity contribution is -0.125. The summed E-state index contributed by atoms with van der Waals surface area (Å²) in [6.07, 6.45) is 0.361. The van der Waals surface area contributed by atoms with Gasteiger partial charge in [-0.15, -0.1) is 0 Å². The average molecular weight is 361 g/mol. The van der Waals surface area contributed by atoms with E-state index in [1.807, 2.05) is 30.3 Å². The van der Waals surface area contributed by atoms with Gasteiger partial charge < -0.3 is 10.1 Å². The number of benzene rings is 2. The smallest absolute Gasteiger partial charge is 0.338 e. The van der Waals surface area contributed by atoms with Crippen LogP contribution in [0.5, 0.6) is 0 Å². The van der Waals surface area contributed by atoms with Crippen molar-refractivity contribution in [2.24, 2.45) is 0 Å². The Morgan fingerprint density at radius 2 is 1.88 bits per heavy atom. The predicted molar refractivity (Wildman–Crippen MR) is 94.0 cm³/mol. The van der Waals surface area contributed by atoms with E-state index in [2.05, 4.69) is 5.32 Å². The first-order valence-corrected chi connectivity index (χ1v) is 9.76. The van der Waals surface area contributed by atoms with E-state index >= 15 is 0 Å². The highest BCUT2D eigenvalue weighted by atomic mass is 32.2. The lowest BCUT2D eigenvalue weighted by Gasteiger charge is -2.23. The molecule has 25 heavy (non-hydrogen) atoms. The third-order valence-electron chi connectivity index (χ3n) is 4.26. The van der Waals surface area contributed by atoms with Crippen LogP contribution in [0.15, 0.2) is 42.5 Å². The molecule has 1 N–H and O–H groups in total. The van der Waals surface area contributed by atoms with Crippen molar-refractivity contribution in [3.8, 4) is 0 Å². The van der Waals surface area contributed by atoms with Crippen molar-refractivity contribution in [2.45, 2.75) is 18.9 Å². The van der Waals surface area contributed by atoms with Crippen LogP contribution in [-0.2, 0) is 19.4 Å². The second-order valence-corrected chi connectivity index (χ2v) is 8.77. The molecular weight excluding hydrogens is 342 g/mol. The number of rotatable bonds is 4. The molecule has 0 bridgehead atoms. The summed E-state index contributed by atoms with van der Waals surface area (Å²) in [4.78, 5) is 24.1. The summed E-state index contributed by atoms with van der Waals surface area (Å²) in [5, 5.41) is 4.57. The maximum absolute atomic E-state index is 12.1. The number of hydrogen-bond acceptors (Lipinski definition) is 5. The zero-order valence-electron chi connectivity index (χ0n) is 13.8. The highest BCUT2D eigenvalue weighted by Gasteiger charge is 2.39. The summed E-state index contributed by atoms with van der Waals surface area (Å²) >= 11 is 0. The Bertz CT molecular complexity index is 937. The van der Waals surface area contributed by atoms with Gasteiger partial charge in [0.15, 0.2) is 16.4 Å². The van der Waals surface area contributed by atoms with Crippen LogP contribution in [0, 0.1) is 0 Å². The third-order valence-corrected chi connectivity index (χ3v) is 6.17. The van der Waals surface area contributed by atoms with E-state index in [0.717, 1.165) is 10.8 Å². The number of nitrogens with one attached hydrogen (secondary N) is 1. The molecule has 2 aromatic carbocycles. The fourth-order valence-electron chi connectivity index (χ4n) is 3.01. The fourth-order valence-corrected chi connectivity index (χ4v) is 5.11. The van der Waals surface area contributed by atoms with Gasteiger partial charge in [0.1, 0.15) is 0 Å². The van der Waals surface area contributed by atoms with Gasteiger partial charge in [-0.2, -0.15) is 0 Å². The standard InChI is InChI=1S/C18H19NO5S/c1-18(8-9-25(22,23)12-18)19-16(20)11-24-17(21)15-7-6-13-4-2-3-5-14(13)10-15/h2-7,10H,8-9,11-12H2,1H3,(H,19,20)/t18-/m0/s1. The Morgan fingerprint density at radius 1 is 1.16 bits per heavy atom. The molecule has 7 heteroatoms. The van der Waals surface area contributed by atoms with Crippen molar-refractivity contribution >= 4 is 32.5 Å². The number of hydrogen-bond donors (Lipinski definition) is 1. The largest absolute Gasteiger partial charge is 0.452 e.